The lowest BCUT2D eigenvalue weighted by atomic mass is 10.1. The maximum atomic E-state index is 4.36. The summed E-state index contributed by atoms with van der Waals surface area (Å²) in [6.07, 6.45) is 6.05. The average molecular weight is 249 g/mol. The molecule has 90 valence electrons. The Morgan fingerprint density at radius 1 is 1.35 bits per heavy atom. The minimum Gasteiger partial charge on any atom is -0.304 e. The molecule has 2 heterocycles. The number of hydrogen-bond acceptors (Lipinski definition) is 6. The summed E-state index contributed by atoms with van der Waals surface area (Å²) >= 11 is 1.43. The Morgan fingerprint density at radius 2 is 2.24 bits per heavy atom. The fourth-order valence-electron chi connectivity index (χ4n) is 1.68. The van der Waals surface area contributed by atoms with Gasteiger partial charge in [-0.2, -0.15) is 0 Å². The van der Waals surface area contributed by atoms with Crippen LogP contribution in [-0.4, -0.2) is 26.1 Å². The second-order valence-corrected chi connectivity index (χ2v) is 4.34. The topological polar surface area (TPSA) is 63.6 Å². The molecule has 1 atom stereocenters. The van der Waals surface area contributed by atoms with Crippen LogP contribution in [0.25, 0.3) is 0 Å². The van der Waals surface area contributed by atoms with Gasteiger partial charge in [0.15, 0.2) is 0 Å². The number of aryl methyl sites for hydroxylation is 1. The number of nitrogens with zero attached hydrogens (tertiary/aromatic N) is 4. The van der Waals surface area contributed by atoms with Gasteiger partial charge in [0, 0.05) is 12.4 Å². The summed E-state index contributed by atoms with van der Waals surface area (Å²) in [6.45, 7) is 5.02. The molecule has 2 aromatic rings. The molecule has 2 aromatic heterocycles. The van der Waals surface area contributed by atoms with E-state index >= 15 is 0 Å². The Labute approximate surface area is 104 Å². The number of rotatable bonds is 5. The normalized spacial score (nSPS) is 12.6. The molecule has 1 unspecified atom stereocenters. The molecule has 0 aliphatic carbocycles. The van der Waals surface area contributed by atoms with Crippen LogP contribution in [0.5, 0.6) is 0 Å². The van der Waals surface area contributed by atoms with Gasteiger partial charge in [-0.3, -0.25) is 9.97 Å². The fourth-order valence-corrected chi connectivity index (χ4v) is 2.50. The van der Waals surface area contributed by atoms with Crippen LogP contribution in [0.1, 0.15) is 36.2 Å². The first-order chi connectivity index (χ1) is 8.36. The predicted octanol–water partition coefficient (Wildman–Crippen LogP) is 1.59. The smallest absolute Gasteiger partial charge is 0.0895 e. The molecule has 6 heteroatoms. The summed E-state index contributed by atoms with van der Waals surface area (Å²) in [5, 5.41) is 7.55. The predicted molar refractivity (Wildman–Crippen MR) is 66.8 cm³/mol. The van der Waals surface area contributed by atoms with Gasteiger partial charge in [-0.15, -0.1) is 5.10 Å². The van der Waals surface area contributed by atoms with E-state index in [9.17, 15) is 0 Å². The van der Waals surface area contributed by atoms with Gasteiger partial charge in [-0.1, -0.05) is 18.3 Å². The lowest BCUT2D eigenvalue weighted by Crippen LogP contribution is -2.23. The van der Waals surface area contributed by atoms with E-state index in [4.69, 9.17) is 0 Å². The Morgan fingerprint density at radius 3 is 2.88 bits per heavy atom. The quantitative estimate of drug-likeness (QED) is 0.871. The van der Waals surface area contributed by atoms with Crippen LogP contribution in [0.2, 0.25) is 0 Å². The lowest BCUT2D eigenvalue weighted by molar-refractivity contribution is 0.615. The van der Waals surface area contributed by atoms with Crippen LogP contribution in [0.3, 0.4) is 0 Å². The molecule has 0 spiro atoms. The van der Waals surface area contributed by atoms with Gasteiger partial charge >= 0.3 is 0 Å². The largest absolute Gasteiger partial charge is 0.304 e. The van der Waals surface area contributed by atoms with E-state index in [1.54, 1.807) is 18.6 Å². The zero-order valence-corrected chi connectivity index (χ0v) is 10.7. The first kappa shape index (κ1) is 12.1. The van der Waals surface area contributed by atoms with E-state index < -0.39 is 0 Å². The Kier molecular flexibility index (Phi) is 4.11. The van der Waals surface area contributed by atoms with Crippen molar-refractivity contribution in [1.29, 1.82) is 0 Å². The second kappa shape index (κ2) is 5.79. The molecule has 0 aliphatic rings. The first-order valence-corrected chi connectivity index (χ1v) is 6.44. The molecule has 0 aromatic carbocycles. The molecule has 17 heavy (non-hydrogen) atoms. The van der Waals surface area contributed by atoms with Crippen molar-refractivity contribution >= 4 is 11.5 Å². The molecule has 0 saturated carbocycles. The molecular weight excluding hydrogens is 234 g/mol. The van der Waals surface area contributed by atoms with Crippen molar-refractivity contribution in [2.24, 2.45) is 0 Å². The van der Waals surface area contributed by atoms with Crippen LogP contribution in [0.15, 0.2) is 18.6 Å². The minimum absolute atomic E-state index is 0.0450. The summed E-state index contributed by atoms with van der Waals surface area (Å²) < 4.78 is 4.03. The van der Waals surface area contributed by atoms with Crippen molar-refractivity contribution in [2.75, 3.05) is 6.54 Å². The zero-order valence-electron chi connectivity index (χ0n) is 9.92. The first-order valence-electron chi connectivity index (χ1n) is 5.67. The highest BCUT2D eigenvalue weighted by molar-refractivity contribution is 7.05. The SMILES string of the molecule is CCNC(c1cnccn1)c1snnc1CC. The third-order valence-electron chi connectivity index (χ3n) is 2.47. The molecule has 0 saturated heterocycles. The molecule has 0 amide bonds. The minimum atomic E-state index is 0.0450. The van der Waals surface area contributed by atoms with Crippen LogP contribution in [0, 0.1) is 0 Å². The van der Waals surface area contributed by atoms with E-state index in [0.29, 0.717) is 0 Å². The van der Waals surface area contributed by atoms with Gasteiger partial charge < -0.3 is 5.32 Å². The van der Waals surface area contributed by atoms with Crippen molar-refractivity contribution in [3.63, 3.8) is 0 Å². The fraction of sp³-hybridized carbons (Fsp3) is 0.455. The highest BCUT2D eigenvalue weighted by atomic mass is 32.1. The number of hydrogen-bond donors (Lipinski definition) is 1. The summed E-state index contributed by atoms with van der Waals surface area (Å²) in [6, 6.07) is 0.0450. The van der Waals surface area contributed by atoms with Gasteiger partial charge in [0.25, 0.3) is 0 Å². The third kappa shape index (κ3) is 2.65. The average Bonchev–Trinajstić information content (AvgIpc) is 2.85. The van der Waals surface area contributed by atoms with Crippen molar-refractivity contribution < 1.29 is 0 Å². The maximum Gasteiger partial charge on any atom is 0.0895 e. The second-order valence-electron chi connectivity index (χ2n) is 3.56. The molecule has 2 rings (SSSR count). The van der Waals surface area contributed by atoms with Crippen LogP contribution >= 0.6 is 11.5 Å². The number of nitrogens with one attached hydrogen (secondary N) is 1. The Hall–Kier alpha value is -1.40. The molecule has 1 N–H and O–H groups in total. The van der Waals surface area contributed by atoms with Crippen molar-refractivity contribution in [3.8, 4) is 0 Å². The highest BCUT2D eigenvalue weighted by Crippen LogP contribution is 2.25. The van der Waals surface area contributed by atoms with Gasteiger partial charge in [-0.05, 0) is 24.5 Å². The van der Waals surface area contributed by atoms with Crippen molar-refractivity contribution in [2.45, 2.75) is 26.3 Å². The van der Waals surface area contributed by atoms with E-state index in [1.165, 1.54) is 11.5 Å². The van der Waals surface area contributed by atoms with Crippen LogP contribution in [0.4, 0.5) is 0 Å². The molecule has 0 fully saturated rings. The number of aromatic nitrogens is 4. The van der Waals surface area contributed by atoms with E-state index in [2.05, 4.69) is 38.7 Å². The van der Waals surface area contributed by atoms with Crippen LogP contribution in [-0.2, 0) is 6.42 Å². The summed E-state index contributed by atoms with van der Waals surface area (Å²) in [7, 11) is 0. The summed E-state index contributed by atoms with van der Waals surface area (Å²) in [4.78, 5) is 9.60. The van der Waals surface area contributed by atoms with E-state index in [1.807, 2.05) is 0 Å². The summed E-state index contributed by atoms with van der Waals surface area (Å²) in [5.41, 5.74) is 1.95. The Bertz CT molecular complexity index is 456. The van der Waals surface area contributed by atoms with Crippen LogP contribution < -0.4 is 5.32 Å². The van der Waals surface area contributed by atoms with Crippen molar-refractivity contribution in [1.82, 2.24) is 24.9 Å². The van der Waals surface area contributed by atoms with Crippen molar-refractivity contribution in [3.05, 3.63) is 34.9 Å². The van der Waals surface area contributed by atoms with Gasteiger partial charge in [0.1, 0.15) is 0 Å². The molecule has 0 aliphatic heterocycles. The molecule has 0 bridgehead atoms. The lowest BCUT2D eigenvalue weighted by Gasteiger charge is -2.15. The zero-order chi connectivity index (χ0) is 12.1. The standard InChI is InChI=1S/C11H15N5S/c1-3-8-11(17-16-15-8)10(13-4-2)9-7-12-5-6-14-9/h5-7,10,13H,3-4H2,1-2H3. The highest BCUT2D eigenvalue weighted by Gasteiger charge is 2.20. The van der Waals surface area contributed by atoms with Gasteiger partial charge in [0.2, 0.25) is 0 Å². The molecule has 5 nitrogen and oxygen atoms in total. The maximum absolute atomic E-state index is 4.36. The third-order valence-corrected chi connectivity index (χ3v) is 3.30. The van der Waals surface area contributed by atoms with Gasteiger partial charge in [0.05, 0.1) is 28.5 Å². The van der Waals surface area contributed by atoms with E-state index in [0.717, 1.165) is 29.2 Å². The van der Waals surface area contributed by atoms with E-state index in [-0.39, 0.29) is 6.04 Å². The monoisotopic (exact) mass is 249 g/mol. The summed E-state index contributed by atoms with van der Waals surface area (Å²) in [5.74, 6) is 0. The Balaban J connectivity index is 2.36. The van der Waals surface area contributed by atoms with Gasteiger partial charge in [-0.25, -0.2) is 0 Å². The molecular formula is C11H15N5S. The molecule has 0 radical (unpaired) electrons.